The number of ether oxygens (including phenoxy) is 1. The van der Waals surface area contributed by atoms with Gasteiger partial charge in [0, 0.05) is 42.6 Å². The van der Waals surface area contributed by atoms with Crippen LogP contribution in [0.3, 0.4) is 0 Å². The number of piperidine rings is 1. The maximum atomic E-state index is 6.00. The third-order valence-corrected chi connectivity index (χ3v) is 8.29. The van der Waals surface area contributed by atoms with E-state index in [2.05, 4.69) is 52.0 Å². The van der Waals surface area contributed by atoms with Gasteiger partial charge in [0.25, 0.3) is 0 Å². The van der Waals surface area contributed by atoms with Crippen LogP contribution in [0.4, 0.5) is 0 Å². The van der Waals surface area contributed by atoms with Gasteiger partial charge in [0.1, 0.15) is 0 Å². The highest BCUT2D eigenvalue weighted by Crippen LogP contribution is 2.57. The van der Waals surface area contributed by atoms with Gasteiger partial charge in [-0.25, -0.2) is 0 Å². The zero-order valence-corrected chi connectivity index (χ0v) is 21.2. The topological polar surface area (TPSA) is 48.9 Å². The number of guanidine groups is 1. The van der Waals surface area contributed by atoms with E-state index in [1.807, 2.05) is 18.4 Å². The van der Waals surface area contributed by atoms with E-state index < -0.39 is 0 Å². The normalized spacial score (nSPS) is 31.5. The Labute approximate surface area is 197 Å². The second kappa shape index (κ2) is 10.3. The van der Waals surface area contributed by atoms with Crippen molar-refractivity contribution in [3.63, 3.8) is 0 Å². The molecule has 1 aromatic heterocycles. The second-order valence-corrected chi connectivity index (χ2v) is 9.74. The van der Waals surface area contributed by atoms with Crippen LogP contribution < -0.4 is 10.6 Å². The zero-order chi connectivity index (χ0) is 19.6. The van der Waals surface area contributed by atoms with E-state index >= 15 is 0 Å². The maximum Gasteiger partial charge on any atom is 0.191 e. The SMILES string of the molecule is CCOC1CC(NC(=NC)NCC2CCCN(C)C2c2cccs2)C12CCC2.I. The molecule has 3 fully saturated rings. The van der Waals surface area contributed by atoms with Gasteiger partial charge in [0.15, 0.2) is 5.96 Å². The van der Waals surface area contributed by atoms with Crippen molar-refractivity contribution in [3.05, 3.63) is 22.4 Å². The van der Waals surface area contributed by atoms with E-state index in [1.165, 1.54) is 43.5 Å². The molecular formula is C22H37IN4OS. The van der Waals surface area contributed by atoms with Gasteiger partial charge in [-0.05, 0) is 70.0 Å². The minimum absolute atomic E-state index is 0. The Morgan fingerprint density at radius 1 is 1.38 bits per heavy atom. The lowest BCUT2D eigenvalue weighted by Crippen LogP contribution is -2.68. The predicted molar refractivity (Wildman–Crippen MR) is 132 cm³/mol. The predicted octanol–water partition coefficient (Wildman–Crippen LogP) is 4.26. The summed E-state index contributed by atoms with van der Waals surface area (Å²) >= 11 is 1.89. The largest absolute Gasteiger partial charge is 0.378 e. The number of rotatable bonds is 6. The molecular weight excluding hydrogens is 495 g/mol. The van der Waals surface area contributed by atoms with Crippen molar-refractivity contribution in [2.24, 2.45) is 16.3 Å². The molecule has 5 nitrogen and oxygen atoms in total. The quantitative estimate of drug-likeness (QED) is 0.327. The molecule has 7 heteroatoms. The molecule has 3 aliphatic rings. The molecule has 2 N–H and O–H groups in total. The number of hydrogen-bond acceptors (Lipinski definition) is 4. The Bertz CT molecular complexity index is 664. The van der Waals surface area contributed by atoms with Crippen LogP contribution in [-0.4, -0.2) is 56.8 Å². The van der Waals surface area contributed by atoms with E-state index in [1.54, 1.807) is 0 Å². The Morgan fingerprint density at radius 2 is 2.21 bits per heavy atom. The summed E-state index contributed by atoms with van der Waals surface area (Å²) in [7, 11) is 4.16. The molecule has 1 spiro atoms. The number of halogens is 1. The van der Waals surface area contributed by atoms with Crippen LogP contribution in [0.2, 0.25) is 0 Å². The number of nitrogens with zero attached hydrogens (tertiary/aromatic N) is 2. The summed E-state index contributed by atoms with van der Waals surface area (Å²) in [6.45, 7) is 5.10. The van der Waals surface area contributed by atoms with Crippen molar-refractivity contribution in [2.75, 3.05) is 33.8 Å². The summed E-state index contributed by atoms with van der Waals surface area (Å²) in [5.74, 6) is 1.58. The third kappa shape index (κ3) is 4.62. The van der Waals surface area contributed by atoms with Crippen molar-refractivity contribution in [3.8, 4) is 0 Å². The highest BCUT2D eigenvalue weighted by Gasteiger charge is 2.59. The first-order chi connectivity index (χ1) is 13.7. The van der Waals surface area contributed by atoms with E-state index in [0.717, 1.165) is 25.5 Å². The first kappa shape index (κ1) is 23.3. The van der Waals surface area contributed by atoms with Crippen LogP contribution in [0.1, 0.15) is 56.4 Å². The molecule has 2 heterocycles. The van der Waals surface area contributed by atoms with Crippen LogP contribution in [0.5, 0.6) is 0 Å². The highest BCUT2D eigenvalue weighted by atomic mass is 127. The van der Waals surface area contributed by atoms with Gasteiger partial charge in [0.2, 0.25) is 0 Å². The fourth-order valence-corrected chi connectivity index (χ4v) is 6.59. The van der Waals surface area contributed by atoms with Crippen LogP contribution in [0, 0.1) is 11.3 Å². The molecule has 29 heavy (non-hydrogen) atoms. The van der Waals surface area contributed by atoms with Crippen LogP contribution in [0.25, 0.3) is 0 Å². The van der Waals surface area contributed by atoms with Crippen molar-refractivity contribution in [1.82, 2.24) is 15.5 Å². The van der Waals surface area contributed by atoms with Gasteiger partial charge in [-0.15, -0.1) is 35.3 Å². The number of likely N-dealkylation sites (tertiary alicyclic amines) is 1. The van der Waals surface area contributed by atoms with Gasteiger partial charge in [-0.3, -0.25) is 9.89 Å². The zero-order valence-electron chi connectivity index (χ0n) is 18.0. The monoisotopic (exact) mass is 532 g/mol. The van der Waals surface area contributed by atoms with Gasteiger partial charge in [0.05, 0.1) is 6.10 Å². The molecule has 0 amide bonds. The average molecular weight is 533 g/mol. The molecule has 2 aliphatic carbocycles. The van der Waals surface area contributed by atoms with E-state index in [4.69, 9.17) is 4.74 Å². The number of nitrogens with one attached hydrogen (secondary N) is 2. The second-order valence-electron chi connectivity index (χ2n) is 8.76. The first-order valence-electron chi connectivity index (χ1n) is 11.0. The average Bonchev–Trinajstić information content (AvgIpc) is 3.16. The molecule has 0 bridgehead atoms. The molecule has 1 aromatic rings. The maximum absolute atomic E-state index is 6.00. The fraction of sp³-hybridized carbons (Fsp3) is 0.773. The molecule has 0 radical (unpaired) electrons. The van der Waals surface area contributed by atoms with Crippen molar-refractivity contribution in [1.29, 1.82) is 0 Å². The molecule has 2 saturated carbocycles. The highest BCUT2D eigenvalue weighted by molar-refractivity contribution is 14.0. The summed E-state index contributed by atoms with van der Waals surface area (Å²) in [5, 5.41) is 9.59. The summed E-state index contributed by atoms with van der Waals surface area (Å²) in [6.07, 6.45) is 8.02. The first-order valence-corrected chi connectivity index (χ1v) is 11.9. The molecule has 164 valence electrons. The molecule has 4 atom stereocenters. The third-order valence-electron chi connectivity index (χ3n) is 7.35. The van der Waals surface area contributed by atoms with Gasteiger partial charge in [-0.2, -0.15) is 0 Å². The number of hydrogen-bond donors (Lipinski definition) is 2. The van der Waals surface area contributed by atoms with Gasteiger partial charge in [-0.1, -0.05) is 12.5 Å². The van der Waals surface area contributed by atoms with Crippen LogP contribution >= 0.6 is 35.3 Å². The van der Waals surface area contributed by atoms with E-state index in [0.29, 0.717) is 29.5 Å². The summed E-state index contributed by atoms with van der Waals surface area (Å²) in [6, 6.07) is 5.49. The smallest absolute Gasteiger partial charge is 0.191 e. The van der Waals surface area contributed by atoms with E-state index in [9.17, 15) is 0 Å². The fourth-order valence-electron chi connectivity index (χ4n) is 5.61. The Kier molecular flexibility index (Phi) is 8.26. The minimum atomic E-state index is 0. The molecule has 1 aliphatic heterocycles. The van der Waals surface area contributed by atoms with Gasteiger partial charge >= 0.3 is 0 Å². The number of thiophene rings is 1. The van der Waals surface area contributed by atoms with Crippen molar-refractivity contribution in [2.45, 2.75) is 63.6 Å². The number of aliphatic imine (C=N–C) groups is 1. The summed E-state index contributed by atoms with van der Waals surface area (Å²) in [5.41, 5.74) is 0.359. The standard InChI is InChI=1S/C22H36N4OS.HI/c1-4-27-19-14-18(22(19)10-7-11-22)25-21(23-2)24-15-16-8-5-12-26(3)20(16)17-9-6-13-28-17;/h6,9,13,16,18-20H,4-5,7-8,10-12,14-15H2,1-3H3,(H2,23,24,25);1H. The molecule has 1 saturated heterocycles. The lowest BCUT2D eigenvalue weighted by molar-refractivity contribution is -0.168. The molecule has 4 unspecified atom stereocenters. The Balaban J connectivity index is 0.00000240. The Morgan fingerprint density at radius 3 is 2.83 bits per heavy atom. The van der Waals surface area contributed by atoms with Crippen LogP contribution in [-0.2, 0) is 4.74 Å². The lowest BCUT2D eigenvalue weighted by atomic mass is 9.51. The van der Waals surface area contributed by atoms with Crippen molar-refractivity contribution < 1.29 is 4.74 Å². The lowest BCUT2D eigenvalue weighted by Gasteiger charge is -2.61. The van der Waals surface area contributed by atoms with Crippen molar-refractivity contribution >= 4 is 41.3 Å². The minimum Gasteiger partial charge on any atom is -0.378 e. The van der Waals surface area contributed by atoms with Gasteiger partial charge < -0.3 is 15.4 Å². The molecule has 4 rings (SSSR count). The summed E-state index contributed by atoms with van der Waals surface area (Å²) in [4.78, 5) is 8.56. The van der Waals surface area contributed by atoms with Crippen LogP contribution in [0.15, 0.2) is 22.5 Å². The van der Waals surface area contributed by atoms with E-state index in [-0.39, 0.29) is 24.0 Å². The Hall–Kier alpha value is -0.380. The molecule has 0 aromatic carbocycles. The summed E-state index contributed by atoms with van der Waals surface area (Å²) < 4.78 is 6.00.